The second-order valence-corrected chi connectivity index (χ2v) is 6.59. The predicted molar refractivity (Wildman–Crippen MR) is 86.7 cm³/mol. The Morgan fingerprint density at radius 2 is 1.87 bits per heavy atom. The Hall–Kier alpha value is -1.12. The molecular weight excluding hydrogens is 299 g/mol. The van der Waals surface area contributed by atoms with Gasteiger partial charge in [-0.15, -0.1) is 0 Å². The number of ether oxygens (including phenoxy) is 3. The Balaban J connectivity index is 1.97. The minimum Gasteiger partial charge on any atom is -0.488 e. The molecule has 1 heterocycles. The van der Waals surface area contributed by atoms with Gasteiger partial charge in [-0.1, -0.05) is 12.1 Å². The molecule has 1 aliphatic heterocycles. The lowest BCUT2D eigenvalue weighted by molar-refractivity contribution is -0.0982. The lowest BCUT2D eigenvalue weighted by atomic mass is 9.76. The van der Waals surface area contributed by atoms with Gasteiger partial charge in [-0.2, -0.15) is 0 Å². The van der Waals surface area contributed by atoms with Crippen LogP contribution in [0.4, 0.5) is 0 Å². The fourth-order valence-corrected chi connectivity index (χ4v) is 1.92. The summed E-state index contributed by atoms with van der Waals surface area (Å²) in [4.78, 5) is 0. The van der Waals surface area contributed by atoms with E-state index >= 15 is 0 Å². The summed E-state index contributed by atoms with van der Waals surface area (Å²) in [5.74, 6) is 0.588. The summed E-state index contributed by atoms with van der Waals surface area (Å²) < 4.78 is 21.8. The summed E-state index contributed by atoms with van der Waals surface area (Å²) in [7, 11) is -1.17. The van der Waals surface area contributed by atoms with Crippen LogP contribution in [0.2, 0.25) is 0 Å². The molecule has 1 saturated heterocycles. The molecule has 0 saturated carbocycles. The smallest absolute Gasteiger partial charge is 0.488 e. The topological polar surface area (TPSA) is 77.4 Å². The molecule has 0 amide bonds. The van der Waals surface area contributed by atoms with Gasteiger partial charge in [0.2, 0.25) is 0 Å². The van der Waals surface area contributed by atoms with Crippen LogP contribution in [-0.4, -0.2) is 54.6 Å². The minimum absolute atomic E-state index is 0.287. The van der Waals surface area contributed by atoms with Crippen molar-refractivity contribution in [2.45, 2.75) is 45.2 Å². The highest BCUT2D eigenvalue weighted by atomic mass is 16.7. The first-order valence-corrected chi connectivity index (χ1v) is 7.73. The maximum absolute atomic E-state index is 10.3. The molecule has 2 rings (SSSR count). The summed E-state index contributed by atoms with van der Waals surface area (Å²) in [6, 6.07) is 6.98. The Bertz CT molecular complexity index is 508. The van der Waals surface area contributed by atoms with Crippen LogP contribution < -0.4 is 10.2 Å². The Morgan fingerprint density at radius 1 is 1.22 bits per heavy atom. The number of aliphatic hydroxyl groups is 1. The molecule has 0 radical (unpaired) electrons. The van der Waals surface area contributed by atoms with Gasteiger partial charge in [0.25, 0.3) is 0 Å². The second-order valence-electron chi connectivity index (χ2n) is 6.59. The fourth-order valence-electron chi connectivity index (χ4n) is 1.92. The van der Waals surface area contributed by atoms with E-state index in [1.807, 2.05) is 0 Å². The summed E-state index contributed by atoms with van der Waals surface area (Å²) >= 11 is 0. The quantitative estimate of drug-likeness (QED) is 0.719. The molecule has 0 spiro atoms. The number of benzene rings is 1. The molecule has 7 heteroatoms. The molecule has 128 valence electrons. The van der Waals surface area contributed by atoms with E-state index in [4.69, 9.17) is 18.9 Å². The third-order valence-electron chi connectivity index (χ3n) is 4.10. The molecule has 0 atom stereocenters. The van der Waals surface area contributed by atoms with E-state index in [0.29, 0.717) is 24.4 Å². The van der Waals surface area contributed by atoms with E-state index in [2.05, 4.69) is 0 Å². The largest absolute Gasteiger partial charge is 0.491 e. The third-order valence-corrected chi connectivity index (χ3v) is 4.10. The molecule has 0 bridgehead atoms. The van der Waals surface area contributed by atoms with Crippen molar-refractivity contribution in [2.75, 3.05) is 19.8 Å². The van der Waals surface area contributed by atoms with Crippen molar-refractivity contribution in [2.24, 2.45) is 0 Å². The third kappa shape index (κ3) is 4.93. The molecule has 1 fully saturated rings. The number of hydrogen-bond donors (Lipinski definition) is 2. The maximum Gasteiger partial charge on any atom is 0.491 e. The first-order valence-electron chi connectivity index (χ1n) is 7.73. The Labute approximate surface area is 137 Å². The van der Waals surface area contributed by atoms with Crippen molar-refractivity contribution in [3.05, 3.63) is 24.3 Å². The molecule has 1 aromatic carbocycles. The van der Waals surface area contributed by atoms with Gasteiger partial charge in [-0.3, -0.25) is 0 Å². The Kier molecular flexibility index (Phi) is 5.70. The van der Waals surface area contributed by atoms with Gasteiger partial charge in [-0.25, -0.2) is 0 Å². The van der Waals surface area contributed by atoms with Crippen LogP contribution in [-0.2, 0) is 14.1 Å². The van der Waals surface area contributed by atoms with Gasteiger partial charge in [-0.05, 0) is 45.3 Å². The lowest BCUT2D eigenvalue weighted by Crippen LogP contribution is -2.53. The van der Waals surface area contributed by atoms with Gasteiger partial charge in [0.05, 0.1) is 24.4 Å². The zero-order valence-corrected chi connectivity index (χ0v) is 14.1. The molecule has 6 nitrogen and oxygen atoms in total. The molecule has 0 aromatic heterocycles. The van der Waals surface area contributed by atoms with E-state index < -0.39 is 18.3 Å². The fraction of sp³-hybridized carbons (Fsp3) is 0.625. The van der Waals surface area contributed by atoms with Crippen LogP contribution >= 0.6 is 0 Å². The highest BCUT2D eigenvalue weighted by Gasteiger charge is 2.39. The number of hydrogen-bond acceptors (Lipinski definition) is 6. The molecule has 2 N–H and O–H groups in total. The van der Waals surface area contributed by atoms with Gasteiger partial charge >= 0.3 is 7.12 Å². The van der Waals surface area contributed by atoms with Crippen molar-refractivity contribution in [3.63, 3.8) is 0 Å². The highest BCUT2D eigenvalue weighted by Crippen LogP contribution is 2.25. The first-order chi connectivity index (χ1) is 10.7. The lowest BCUT2D eigenvalue weighted by Gasteiger charge is -2.38. The Morgan fingerprint density at radius 3 is 2.48 bits per heavy atom. The van der Waals surface area contributed by atoms with Crippen LogP contribution in [0.15, 0.2) is 24.3 Å². The van der Waals surface area contributed by atoms with E-state index in [1.54, 1.807) is 52.0 Å². The summed E-state index contributed by atoms with van der Waals surface area (Å²) in [6.07, 6.45) is -0.353. The van der Waals surface area contributed by atoms with Gasteiger partial charge < -0.3 is 29.0 Å². The number of rotatable bonds is 7. The van der Waals surface area contributed by atoms with E-state index in [0.717, 1.165) is 0 Å². The predicted octanol–water partition coefficient (Wildman–Crippen LogP) is 0.692. The van der Waals surface area contributed by atoms with Crippen LogP contribution in [0, 0.1) is 0 Å². The zero-order valence-electron chi connectivity index (χ0n) is 14.1. The monoisotopic (exact) mass is 324 g/mol. The molecule has 23 heavy (non-hydrogen) atoms. The van der Waals surface area contributed by atoms with E-state index in [-0.39, 0.29) is 12.9 Å². The van der Waals surface area contributed by atoms with E-state index in [9.17, 15) is 10.1 Å². The maximum atomic E-state index is 10.3. The van der Waals surface area contributed by atoms with Crippen molar-refractivity contribution >= 4 is 12.6 Å². The zero-order chi connectivity index (χ0) is 17.1. The summed E-state index contributed by atoms with van der Waals surface area (Å²) in [5.41, 5.74) is -1.47. The van der Waals surface area contributed by atoms with E-state index in [1.165, 1.54) is 0 Å². The summed E-state index contributed by atoms with van der Waals surface area (Å²) in [5, 5.41) is 20.4. The van der Waals surface area contributed by atoms with Gasteiger partial charge in [0.1, 0.15) is 12.4 Å². The molecule has 1 aromatic rings. The van der Waals surface area contributed by atoms with Gasteiger partial charge in [0.15, 0.2) is 6.29 Å². The average Bonchev–Trinajstić information content (AvgIpc) is 2.97. The molecule has 1 aliphatic rings. The second kappa shape index (κ2) is 7.19. The van der Waals surface area contributed by atoms with Crippen molar-refractivity contribution in [1.82, 2.24) is 0 Å². The average molecular weight is 324 g/mol. The van der Waals surface area contributed by atoms with Gasteiger partial charge in [0, 0.05) is 0 Å². The van der Waals surface area contributed by atoms with Crippen LogP contribution in [0.1, 0.15) is 27.7 Å². The first kappa shape index (κ1) is 18.2. The standard InChI is InChI=1S/C16H25BO6/c1-15(2,18)16(3,4)23-17(19)12-6-5-7-13(10-12)22-11-14-20-8-9-21-14/h5-7,10,14,18-19H,8-9,11H2,1-4H3. The van der Waals surface area contributed by atoms with Crippen molar-refractivity contribution in [3.8, 4) is 5.75 Å². The van der Waals surface area contributed by atoms with Crippen molar-refractivity contribution in [1.29, 1.82) is 0 Å². The van der Waals surface area contributed by atoms with Crippen LogP contribution in [0.5, 0.6) is 5.75 Å². The van der Waals surface area contributed by atoms with Crippen LogP contribution in [0.25, 0.3) is 0 Å². The normalized spacial score (nSPS) is 16.6. The molecule has 0 unspecified atom stereocenters. The molecular formula is C16H25BO6. The summed E-state index contributed by atoms with van der Waals surface area (Å²) in [6.45, 7) is 8.17. The highest BCUT2D eigenvalue weighted by molar-refractivity contribution is 6.60. The van der Waals surface area contributed by atoms with Crippen molar-refractivity contribution < 1.29 is 29.0 Å². The SMILES string of the molecule is CC(C)(O)C(C)(C)OB(O)c1cccc(OCC2OCCO2)c1. The minimum atomic E-state index is -1.17. The van der Waals surface area contributed by atoms with Crippen LogP contribution in [0.3, 0.4) is 0 Å². The molecule has 0 aliphatic carbocycles.